The number of morpholine rings is 1. The highest BCUT2D eigenvalue weighted by atomic mass is 19.1. The summed E-state index contributed by atoms with van der Waals surface area (Å²) in [5, 5.41) is 26.9. The molecule has 0 bridgehead atoms. The number of nitrogens with zero attached hydrogens (tertiary/aromatic N) is 2. The molecule has 0 spiro atoms. The van der Waals surface area contributed by atoms with Crippen molar-refractivity contribution >= 4 is 23.4 Å². The van der Waals surface area contributed by atoms with E-state index in [4.69, 9.17) is 19.7 Å². The molecule has 0 radical (unpaired) electrons. The van der Waals surface area contributed by atoms with Gasteiger partial charge in [0.1, 0.15) is 11.9 Å². The highest BCUT2D eigenvalue weighted by molar-refractivity contribution is 5.90. The predicted octanol–water partition coefficient (Wildman–Crippen LogP) is 0.831. The zero-order chi connectivity index (χ0) is 27.9. The van der Waals surface area contributed by atoms with Gasteiger partial charge < -0.3 is 40.5 Å². The van der Waals surface area contributed by atoms with Crippen molar-refractivity contribution in [1.82, 2.24) is 16.0 Å². The molecular formula is C26H44FN5O6. The summed E-state index contributed by atoms with van der Waals surface area (Å²) in [6, 6.07) is 5.12. The number of hydrogen-bond donors (Lipinski definition) is 5. The number of benzene rings is 1. The minimum atomic E-state index is -0.538. The summed E-state index contributed by atoms with van der Waals surface area (Å²) in [7, 11) is 0. The van der Waals surface area contributed by atoms with Crippen LogP contribution in [0.4, 0.5) is 20.6 Å². The van der Waals surface area contributed by atoms with Crippen molar-refractivity contribution in [2.24, 2.45) is 0 Å². The summed E-state index contributed by atoms with van der Waals surface area (Å²) < 4.78 is 24.9. The second kappa shape index (κ2) is 17.2. The normalized spacial score (nSPS) is 18.9. The number of aliphatic hydroxyl groups excluding tert-OH is 2. The van der Waals surface area contributed by atoms with Crippen LogP contribution in [0.25, 0.3) is 0 Å². The lowest BCUT2D eigenvalue weighted by Gasteiger charge is -2.29. The molecule has 2 aliphatic rings. The lowest BCUT2D eigenvalue weighted by atomic mass is 10.2. The van der Waals surface area contributed by atoms with Gasteiger partial charge in [-0.15, -0.1) is 0 Å². The van der Waals surface area contributed by atoms with E-state index in [9.17, 15) is 14.0 Å². The van der Waals surface area contributed by atoms with Crippen molar-refractivity contribution in [1.29, 1.82) is 0 Å². The number of carbonyl (C=O) groups is 2. The molecule has 1 aromatic rings. The van der Waals surface area contributed by atoms with Crippen LogP contribution in [0, 0.1) is 5.82 Å². The molecule has 3 rings (SSSR count). The van der Waals surface area contributed by atoms with Gasteiger partial charge in [0.25, 0.3) is 0 Å². The number of halogens is 1. The van der Waals surface area contributed by atoms with E-state index < -0.39 is 12.2 Å². The maximum absolute atomic E-state index is 14.4. The Morgan fingerprint density at radius 1 is 1.11 bits per heavy atom. The molecule has 1 aromatic carbocycles. The maximum Gasteiger partial charge on any atom is 0.414 e. The van der Waals surface area contributed by atoms with Gasteiger partial charge in [0, 0.05) is 45.2 Å². The summed E-state index contributed by atoms with van der Waals surface area (Å²) >= 11 is 0. The third kappa shape index (κ3) is 10.3. The number of ether oxygens (including phenoxy) is 2. The summed E-state index contributed by atoms with van der Waals surface area (Å²) in [5.74, 6) is -0.571. The number of aliphatic hydroxyl groups is 2. The zero-order valence-electron chi connectivity index (χ0n) is 22.7. The number of hydrogen-bond acceptors (Lipinski definition) is 9. The minimum Gasteiger partial charge on any atom is -0.442 e. The van der Waals surface area contributed by atoms with E-state index in [1.165, 1.54) is 17.9 Å². The van der Waals surface area contributed by atoms with Crippen molar-refractivity contribution in [3.05, 3.63) is 24.0 Å². The van der Waals surface area contributed by atoms with Crippen molar-refractivity contribution in [2.75, 3.05) is 75.5 Å². The maximum atomic E-state index is 14.4. The Bertz CT molecular complexity index is 835. The van der Waals surface area contributed by atoms with Gasteiger partial charge in [0.2, 0.25) is 5.91 Å². The van der Waals surface area contributed by atoms with Gasteiger partial charge in [-0.2, -0.15) is 0 Å². The van der Waals surface area contributed by atoms with Crippen LogP contribution in [-0.2, 0) is 14.3 Å². The van der Waals surface area contributed by atoms with Gasteiger partial charge in [-0.25, -0.2) is 9.18 Å². The monoisotopic (exact) mass is 541 g/mol. The van der Waals surface area contributed by atoms with Crippen molar-refractivity contribution in [3.8, 4) is 0 Å². The Morgan fingerprint density at radius 2 is 1.71 bits per heavy atom. The molecule has 2 saturated heterocycles. The molecule has 0 saturated carbocycles. The quantitative estimate of drug-likeness (QED) is 0.230. The van der Waals surface area contributed by atoms with E-state index in [0.29, 0.717) is 37.7 Å². The molecule has 2 aliphatic heterocycles. The molecule has 12 heteroatoms. The topological polar surface area (TPSA) is 136 Å². The first kappa shape index (κ1) is 31.7. The number of anilines is 2. The number of rotatable bonds is 13. The molecule has 216 valence electrons. The fourth-order valence-corrected chi connectivity index (χ4v) is 4.05. The van der Waals surface area contributed by atoms with Crippen molar-refractivity contribution < 1.29 is 33.7 Å². The summed E-state index contributed by atoms with van der Waals surface area (Å²) in [6.07, 6.45) is 0.897. The van der Waals surface area contributed by atoms with E-state index in [1.54, 1.807) is 12.1 Å². The molecule has 2 heterocycles. The molecule has 11 nitrogen and oxygen atoms in total. The number of nitrogens with one attached hydrogen (secondary N) is 3. The predicted molar refractivity (Wildman–Crippen MR) is 144 cm³/mol. The molecule has 0 aromatic heterocycles. The lowest BCUT2D eigenvalue weighted by Crippen LogP contribution is -2.40. The van der Waals surface area contributed by atoms with E-state index >= 15 is 0 Å². The highest BCUT2D eigenvalue weighted by Crippen LogP contribution is 2.28. The third-order valence-corrected chi connectivity index (χ3v) is 6.46. The Hall–Kier alpha value is -2.51. The largest absolute Gasteiger partial charge is 0.442 e. The first-order valence-electron chi connectivity index (χ1n) is 13.4. The van der Waals surface area contributed by atoms with E-state index in [2.05, 4.69) is 16.0 Å². The van der Waals surface area contributed by atoms with Crippen LogP contribution in [0.2, 0.25) is 0 Å². The van der Waals surface area contributed by atoms with Gasteiger partial charge in [-0.05, 0) is 31.0 Å². The van der Waals surface area contributed by atoms with Crippen LogP contribution >= 0.6 is 0 Å². The molecule has 38 heavy (non-hydrogen) atoms. The SMILES string of the molecule is CC(=O)NC[C@H]1CN(c2ccc(N3CCOCC3)c(F)c2)C(=O)O1.CC[C@@H](CO)NCCN[C@@H](CC)CO. The van der Waals surface area contributed by atoms with Crippen molar-refractivity contribution in [3.63, 3.8) is 0 Å². The van der Waals surface area contributed by atoms with Gasteiger partial charge in [0.15, 0.2) is 0 Å². The Labute approximate surface area is 224 Å². The Morgan fingerprint density at radius 3 is 2.21 bits per heavy atom. The lowest BCUT2D eigenvalue weighted by molar-refractivity contribution is -0.119. The zero-order valence-corrected chi connectivity index (χ0v) is 22.7. The van der Waals surface area contributed by atoms with Crippen LogP contribution < -0.4 is 25.8 Å². The van der Waals surface area contributed by atoms with E-state index in [-0.39, 0.29) is 50.1 Å². The first-order valence-corrected chi connectivity index (χ1v) is 13.4. The molecular weight excluding hydrogens is 497 g/mol. The van der Waals surface area contributed by atoms with Crippen molar-refractivity contribution in [2.45, 2.75) is 51.8 Å². The molecule has 5 N–H and O–H groups in total. The van der Waals surface area contributed by atoms with Crippen LogP contribution in [0.5, 0.6) is 0 Å². The van der Waals surface area contributed by atoms with Gasteiger partial charge in [-0.1, -0.05) is 13.8 Å². The average Bonchev–Trinajstić information content (AvgIpc) is 3.31. The Kier molecular flexibility index (Phi) is 14.3. The smallest absolute Gasteiger partial charge is 0.414 e. The Balaban J connectivity index is 0.000000312. The number of amides is 2. The van der Waals surface area contributed by atoms with Crippen LogP contribution in [0.1, 0.15) is 33.6 Å². The minimum absolute atomic E-state index is 0.188. The highest BCUT2D eigenvalue weighted by Gasteiger charge is 2.33. The van der Waals surface area contributed by atoms with Gasteiger partial charge in [-0.3, -0.25) is 9.69 Å². The summed E-state index contributed by atoms with van der Waals surface area (Å²) in [6.45, 7) is 10.5. The van der Waals surface area contributed by atoms with E-state index in [1.807, 2.05) is 18.7 Å². The fourth-order valence-electron chi connectivity index (χ4n) is 4.05. The van der Waals surface area contributed by atoms with Crippen LogP contribution in [0.15, 0.2) is 18.2 Å². The number of cyclic esters (lactones) is 1. The fraction of sp³-hybridized carbons (Fsp3) is 0.692. The third-order valence-electron chi connectivity index (χ3n) is 6.46. The molecule has 2 fully saturated rings. The van der Waals surface area contributed by atoms with Gasteiger partial charge >= 0.3 is 6.09 Å². The van der Waals surface area contributed by atoms with Gasteiger partial charge in [0.05, 0.1) is 50.9 Å². The summed E-state index contributed by atoms with van der Waals surface area (Å²) in [4.78, 5) is 26.2. The number of carbonyl (C=O) groups excluding carboxylic acids is 2. The average molecular weight is 542 g/mol. The molecule has 0 unspecified atom stereocenters. The standard InChI is InChI=1S/C16H20FN3O4.C10H24N2O2/c1-11(21)18-9-13-10-20(16(22)24-13)12-2-3-15(14(17)8-12)19-4-6-23-7-5-19;1-3-9(7-13)11-5-6-12-10(4-2)8-14/h2-3,8,13H,4-7,9-10H2,1H3,(H,18,21);9-14H,3-8H2,1-2H3/t13-;9-,10-/m00/s1. The second-order valence-corrected chi connectivity index (χ2v) is 9.27. The molecule has 0 aliphatic carbocycles. The summed E-state index contributed by atoms with van der Waals surface area (Å²) in [5.41, 5.74) is 0.948. The van der Waals surface area contributed by atoms with Crippen LogP contribution in [-0.4, -0.2) is 106 Å². The molecule has 3 atom stereocenters. The second-order valence-electron chi connectivity index (χ2n) is 9.27. The first-order chi connectivity index (χ1) is 18.3. The van der Waals surface area contributed by atoms with E-state index in [0.717, 1.165) is 25.9 Å². The van der Waals surface area contributed by atoms with Crippen LogP contribution in [0.3, 0.4) is 0 Å². The molecule has 2 amide bonds.